The third-order valence-electron chi connectivity index (χ3n) is 4.42. The molecule has 0 saturated carbocycles. The van der Waals surface area contributed by atoms with Gasteiger partial charge in [0.2, 0.25) is 5.82 Å². The second kappa shape index (κ2) is 11.5. The lowest BCUT2D eigenvalue weighted by atomic mass is 10.1. The summed E-state index contributed by atoms with van der Waals surface area (Å²) in [5.74, 6) is -3.12. The number of unbranched alkanes of at least 4 members (excludes halogenated alkanes) is 3. The Kier molecular flexibility index (Phi) is 9.01. The number of benzene rings is 1. The number of ether oxygens (including phenoxy) is 1. The van der Waals surface area contributed by atoms with Crippen molar-refractivity contribution in [2.24, 2.45) is 0 Å². The van der Waals surface area contributed by atoms with E-state index in [1.54, 1.807) is 12.4 Å². The van der Waals surface area contributed by atoms with Gasteiger partial charge in [-0.15, -0.1) is 0 Å². The van der Waals surface area contributed by atoms with Crippen LogP contribution in [0.4, 0.5) is 8.78 Å². The summed E-state index contributed by atoms with van der Waals surface area (Å²) in [6, 6.07) is 2.34. The summed E-state index contributed by atoms with van der Waals surface area (Å²) in [7, 11) is 0. The van der Waals surface area contributed by atoms with Gasteiger partial charge in [0.1, 0.15) is 0 Å². The average molecular weight is 390 g/mol. The molecule has 0 spiro atoms. The third kappa shape index (κ3) is 6.68. The fourth-order valence-corrected chi connectivity index (χ4v) is 2.74. The smallest absolute Gasteiger partial charge is 0.201 e. The number of rotatable bonds is 11. The highest BCUT2D eigenvalue weighted by Crippen LogP contribution is 2.26. The van der Waals surface area contributed by atoms with Crippen molar-refractivity contribution in [3.63, 3.8) is 0 Å². The first-order valence-electron chi connectivity index (χ1n) is 9.80. The van der Waals surface area contributed by atoms with Gasteiger partial charge >= 0.3 is 0 Å². The van der Waals surface area contributed by atoms with Crippen molar-refractivity contribution in [3.05, 3.63) is 47.8 Å². The maximum atomic E-state index is 13.9. The average Bonchev–Trinajstić information content (AvgIpc) is 2.70. The van der Waals surface area contributed by atoms with Crippen LogP contribution in [-0.4, -0.2) is 27.8 Å². The van der Waals surface area contributed by atoms with Crippen LogP contribution >= 0.6 is 0 Å². The summed E-state index contributed by atoms with van der Waals surface area (Å²) in [6.07, 6.45) is 13.8. The molecule has 0 radical (unpaired) electrons. The topological polar surface area (TPSA) is 55.2 Å². The maximum absolute atomic E-state index is 13.9. The molecule has 0 aliphatic rings. The lowest BCUT2D eigenvalue weighted by molar-refractivity contribution is 0.0566. The van der Waals surface area contributed by atoms with E-state index in [0.29, 0.717) is 0 Å². The molecule has 1 N–H and O–H groups in total. The van der Waals surface area contributed by atoms with Crippen molar-refractivity contribution < 1.29 is 18.6 Å². The molecular formula is C22H28F2N2O2. The number of phenolic OH excluding ortho intramolecular Hbond substituents is 1. The van der Waals surface area contributed by atoms with Crippen LogP contribution in [0.15, 0.2) is 30.6 Å². The number of phenols is 1. The van der Waals surface area contributed by atoms with Crippen molar-refractivity contribution >= 4 is 6.08 Å². The highest BCUT2D eigenvalue weighted by molar-refractivity contribution is 5.58. The van der Waals surface area contributed by atoms with E-state index in [1.807, 2.05) is 12.2 Å². The van der Waals surface area contributed by atoms with Gasteiger partial charge in [-0.2, -0.15) is 4.39 Å². The predicted molar refractivity (Wildman–Crippen MR) is 107 cm³/mol. The van der Waals surface area contributed by atoms with E-state index >= 15 is 0 Å². The van der Waals surface area contributed by atoms with Crippen LogP contribution in [0.25, 0.3) is 17.5 Å². The van der Waals surface area contributed by atoms with Gasteiger partial charge in [0.05, 0.1) is 11.7 Å². The van der Waals surface area contributed by atoms with Crippen LogP contribution in [0, 0.1) is 11.6 Å². The van der Waals surface area contributed by atoms with Gasteiger partial charge in [0.15, 0.2) is 17.4 Å². The predicted octanol–water partition coefficient (Wildman–Crippen LogP) is 5.91. The summed E-state index contributed by atoms with van der Waals surface area (Å²) in [6.45, 7) is 5.12. The minimum Gasteiger partial charge on any atom is -0.505 e. The summed E-state index contributed by atoms with van der Waals surface area (Å²) < 4.78 is 33.1. The lowest BCUT2D eigenvalue weighted by Crippen LogP contribution is -2.08. The first-order chi connectivity index (χ1) is 13.5. The number of halogens is 2. The Bertz CT molecular complexity index is 764. The van der Waals surface area contributed by atoms with Gasteiger partial charge in [0.25, 0.3) is 0 Å². The molecular weight excluding hydrogens is 362 g/mol. The third-order valence-corrected chi connectivity index (χ3v) is 4.42. The Morgan fingerprint density at radius 1 is 1.11 bits per heavy atom. The van der Waals surface area contributed by atoms with Crippen LogP contribution in [0.1, 0.15) is 57.9 Å². The number of aromatic hydroxyl groups is 1. The largest absolute Gasteiger partial charge is 0.505 e. The molecule has 1 atom stereocenters. The molecule has 1 aromatic carbocycles. The van der Waals surface area contributed by atoms with Crippen LogP contribution in [0.3, 0.4) is 0 Å². The van der Waals surface area contributed by atoms with Crippen LogP contribution in [-0.2, 0) is 4.74 Å². The van der Waals surface area contributed by atoms with Gasteiger partial charge in [-0.05, 0) is 44.7 Å². The highest BCUT2D eigenvalue weighted by Gasteiger charge is 2.15. The van der Waals surface area contributed by atoms with Gasteiger partial charge in [-0.25, -0.2) is 14.4 Å². The zero-order valence-electron chi connectivity index (χ0n) is 16.5. The first-order valence-corrected chi connectivity index (χ1v) is 9.80. The normalized spacial score (nSPS) is 12.6. The van der Waals surface area contributed by atoms with E-state index in [1.165, 1.54) is 18.9 Å². The molecule has 0 bridgehead atoms. The molecule has 0 aliphatic carbocycles. The first kappa shape index (κ1) is 22.0. The molecule has 152 valence electrons. The molecule has 0 fully saturated rings. The van der Waals surface area contributed by atoms with Crippen molar-refractivity contribution in [1.82, 2.24) is 9.97 Å². The van der Waals surface area contributed by atoms with Crippen LogP contribution in [0.5, 0.6) is 5.75 Å². The monoisotopic (exact) mass is 390 g/mol. The summed E-state index contributed by atoms with van der Waals surface area (Å²) in [5, 5.41) is 9.18. The number of aromatic nitrogens is 2. The number of allylic oxidation sites excluding steroid dienone is 1. The minimum absolute atomic E-state index is 0.0718. The highest BCUT2D eigenvalue weighted by atomic mass is 19.2. The summed E-state index contributed by atoms with van der Waals surface area (Å²) in [5.41, 5.74) is 0.700. The van der Waals surface area contributed by atoms with E-state index < -0.39 is 17.4 Å². The second-order valence-corrected chi connectivity index (χ2v) is 6.82. The van der Waals surface area contributed by atoms with E-state index in [2.05, 4.69) is 23.8 Å². The van der Waals surface area contributed by atoms with Gasteiger partial charge in [0, 0.05) is 24.6 Å². The molecule has 2 rings (SSSR count). The maximum Gasteiger partial charge on any atom is 0.201 e. The Morgan fingerprint density at radius 2 is 1.86 bits per heavy atom. The van der Waals surface area contributed by atoms with Gasteiger partial charge < -0.3 is 9.84 Å². The molecule has 6 heteroatoms. The lowest BCUT2D eigenvalue weighted by Gasteiger charge is -2.11. The molecule has 2 aromatic rings. The van der Waals surface area contributed by atoms with Crippen molar-refractivity contribution in [3.8, 4) is 17.1 Å². The fraction of sp³-hybridized carbons (Fsp3) is 0.455. The standard InChI is InChI=1S/C22H28F2N2O2/c1-3-4-8-13-28-16(2)9-6-5-7-10-17-14-25-22(26-15-17)18-11-12-19(27)21(24)20(18)23/h7,10-12,14-16,27H,3-6,8-9,13H2,1-2H3. The number of hydrogen-bond acceptors (Lipinski definition) is 4. The molecule has 0 amide bonds. The van der Waals surface area contributed by atoms with Crippen molar-refractivity contribution in [2.45, 2.75) is 58.5 Å². The molecule has 4 nitrogen and oxygen atoms in total. The van der Waals surface area contributed by atoms with Gasteiger partial charge in [-0.3, -0.25) is 0 Å². The fourth-order valence-electron chi connectivity index (χ4n) is 2.74. The Hall–Kier alpha value is -2.34. The van der Waals surface area contributed by atoms with Crippen LogP contribution in [0.2, 0.25) is 0 Å². The Balaban J connectivity index is 1.79. The van der Waals surface area contributed by atoms with Crippen LogP contribution < -0.4 is 0 Å². The van der Waals surface area contributed by atoms with E-state index in [0.717, 1.165) is 43.9 Å². The number of hydrogen-bond donors (Lipinski definition) is 1. The van der Waals surface area contributed by atoms with Crippen molar-refractivity contribution in [2.75, 3.05) is 6.61 Å². The van der Waals surface area contributed by atoms with E-state index in [4.69, 9.17) is 4.74 Å². The molecule has 1 heterocycles. The number of nitrogens with zero attached hydrogens (tertiary/aromatic N) is 2. The molecule has 0 aliphatic heterocycles. The second-order valence-electron chi connectivity index (χ2n) is 6.82. The minimum atomic E-state index is -1.30. The van der Waals surface area contributed by atoms with E-state index in [-0.39, 0.29) is 17.5 Å². The van der Waals surface area contributed by atoms with Crippen molar-refractivity contribution in [1.29, 1.82) is 0 Å². The summed E-state index contributed by atoms with van der Waals surface area (Å²) in [4.78, 5) is 8.17. The van der Waals surface area contributed by atoms with E-state index in [9.17, 15) is 13.9 Å². The Labute approximate surface area is 165 Å². The zero-order chi connectivity index (χ0) is 20.4. The molecule has 1 aromatic heterocycles. The summed E-state index contributed by atoms with van der Waals surface area (Å²) >= 11 is 0. The SMILES string of the molecule is CCCCCOC(C)CCCC=Cc1cnc(-c2ccc(O)c(F)c2F)nc1. The zero-order valence-corrected chi connectivity index (χ0v) is 16.5. The quantitative estimate of drug-likeness (QED) is 0.485. The Morgan fingerprint density at radius 3 is 2.57 bits per heavy atom. The van der Waals surface area contributed by atoms with Gasteiger partial charge in [-0.1, -0.05) is 31.9 Å². The molecule has 28 heavy (non-hydrogen) atoms. The molecule has 0 saturated heterocycles. The molecule has 1 unspecified atom stereocenters.